The maximum atomic E-state index is 12.2. The van der Waals surface area contributed by atoms with Crippen LogP contribution in [0.1, 0.15) is 60.5 Å². The van der Waals surface area contributed by atoms with E-state index in [1.54, 1.807) is 13.0 Å². The van der Waals surface area contributed by atoms with Crippen LogP contribution in [0.4, 0.5) is 0 Å². The van der Waals surface area contributed by atoms with Gasteiger partial charge in [-0.15, -0.1) is 0 Å². The van der Waals surface area contributed by atoms with Gasteiger partial charge >= 0.3 is 5.97 Å². The number of carbonyl (C=O) groups excluding carboxylic acids is 1. The highest BCUT2D eigenvalue weighted by Gasteiger charge is 2.26. The first-order valence-electron chi connectivity index (χ1n) is 9.11. The topological polar surface area (TPSA) is 57.7 Å². The molecule has 5 nitrogen and oxygen atoms in total. The molecule has 5 heteroatoms. The Morgan fingerprint density at radius 2 is 1.96 bits per heavy atom. The SMILES string of the molecule is C=C(OCC)c1c(C2CCC2)ccc2cc(C(=O)OCC)c(OC)nc12. The van der Waals surface area contributed by atoms with Crippen LogP contribution >= 0.6 is 0 Å². The fraction of sp³-hybridized carbons (Fsp3) is 0.429. The zero-order valence-electron chi connectivity index (χ0n) is 15.6. The number of carbonyl (C=O) groups is 1. The van der Waals surface area contributed by atoms with Crippen molar-refractivity contribution in [3.63, 3.8) is 0 Å². The molecule has 0 spiro atoms. The van der Waals surface area contributed by atoms with Crippen molar-refractivity contribution in [1.82, 2.24) is 4.98 Å². The maximum Gasteiger partial charge on any atom is 0.343 e. The number of methoxy groups -OCH3 is 1. The van der Waals surface area contributed by atoms with E-state index in [-0.39, 0.29) is 5.88 Å². The first-order valence-corrected chi connectivity index (χ1v) is 9.11. The molecular weight excluding hydrogens is 330 g/mol. The van der Waals surface area contributed by atoms with Gasteiger partial charge in [0.25, 0.3) is 0 Å². The van der Waals surface area contributed by atoms with Gasteiger partial charge in [0.1, 0.15) is 11.3 Å². The second kappa shape index (κ2) is 7.77. The highest BCUT2D eigenvalue weighted by molar-refractivity contribution is 5.99. The fourth-order valence-corrected chi connectivity index (χ4v) is 3.35. The number of esters is 1. The summed E-state index contributed by atoms with van der Waals surface area (Å²) in [6, 6.07) is 5.88. The lowest BCUT2D eigenvalue weighted by Gasteiger charge is -2.29. The quantitative estimate of drug-likeness (QED) is 0.532. The Kier molecular flexibility index (Phi) is 5.45. The lowest BCUT2D eigenvalue weighted by Crippen LogP contribution is -2.13. The standard InChI is InChI=1S/C21H25NO4/c1-5-25-13(3)18-16(14-8-7-9-14)11-10-15-12-17(21(23)26-6-2)20(24-4)22-19(15)18/h10-12,14H,3,5-9H2,1-2,4H3. The number of hydrogen-bond donors (Lipinski definition) is 0. The molecule has 0 bridgehead atoms. The van der Waals surface area contributed by atoms with E-state index < -0.39 is 5.97 Å². The molecular formula is C21H25NO4. The van der Waals surface area contributed by atoms with Crippen molar-refractivity contribution in [2.75, 3.05) is 20.3 Å². The van der Waals surface area contributed by atoms with Crippen LogP contribution in [-0.4, -0.2) is 31.3 Å². The molecule has 1 aliphatic rings. The Morgan fingerprint density at radius 3 is 2.54 bits per heavy atom. The Hall–Kier alpha value is -2.56. The summed E-state index contributed by atoms with van der Waals surface area (Å²) in [5.41, 5.74) is 3.20. The van der Waals surface area contributed by atoms with Crippen molar-refractivity contribution in [3.05, 3.63) is 41.5 Å². The number of pyridine rings is 1. The third-order valence-electron chi connectivity index (χ3n) is 4.82. The molecule has 1 saturated carbocycles. The van der Waals surface area contributed by atoms with E-state index in [2.05, 4.69) is 17.6 Å². The summed E-state index contributed by atoms with van der Waals surface area (Å²) in [4.78, 5) is 16.9. The molecule has 0 aliphatic heterocycles. The Balaban J connectivity index is 2.21. The van der Waals surface area contributed by atoms with Crippen LogP contribution in [0, 0.1) is 0 Å². The number of hydrogen-bond acceptors (Lipinski definition) is 5. The highest BCUT2D eigenvalue weighted by atomic mass is 16.5. The van der Waals surface area contributed by atoms with E-state index >= 15 is 0 Å². The number of ether oxygens (including phenoxy) is 3. The average molecular weight is 355 g/mol. The average Bonchev–Trinajstić information content (AvgIpc) is 2.59. The molecule has 0 atom stereocenters. The molecule has 0 saturated heterocycles. The van der Waals surface area contributed by atoms with Gasteiger partial charge in [-0.25, -0.2) is 9.78 Å². The van der Waals surface area contributed by atoms with Gasteiger partial charge in [0.2, 0.25) is 5.88 Å². The van der Waals surface area contributed by atoms with E-state index in [9.17, 15) is 4.79 Å². The molecule has 1 aromatic carbocycles. The van der Waals surface area contributed by atoms with Crippen molar-refractivity contribution in [2.45, 2.75) is 39.0 Å². The minimum atomic E-state index is -0.438. The fourth-order valence-electron chi connectivity index (χ4n) is 3.35. The molecule has 138 valence electrons. The monoisotopic (exact) mass is 355 g/mol. The predicted molar refractivity (Wildman–Crippen MR) is 102 cm³/mol. The van der Waals surface area contributed by atoms with E-state index in [0.29, 0.717) is 30.5 Å². The van der Waals surface area contributed by atoms with Gasteiger partial charge < -0.3 is 14.2 Å². The zero-order valence-corrected chi connectivity index (χ0v) is 15.6. The summed E-state index contributed by atoms with van der Waals surface area (Å²) < 4.78 is 16.2. The van der Waals surface area contributed by atoms with Crippen LogP contribution in [0.3, 0.4) is 0 Å². The first-order chi connectivity index (χ1) is 12.6. The number of benzene rings is 1. The summed E-state index contributed by atoms with van der Waals surface area (Å²) in [6.45, 7) is 8.66. The molecule has 2 aromatic rings. The summed E-state index contributed by atoms with van der Waals surface area (Å²) >= 11 is 0. The van der Waals surface area contributed by atoms with Crippen molar-refractivity contribution in [2.24, 2.45) is 0 Å². The summed E-state index contributed by atoms with van der Waals surface area (Å²) in [5.74, 6) is 0.932. The van der Waals surface area contributed by atoms with Crippen LogP contribution in [0.15, 0.2) is 24.8 Å². The van der Waals surface area contributed by atoms with E-state index in [0.717, 1.165) is 29.3 Å². The summed E-state index contributed by atoms with van der Waals surface area (Å²) in [7, 11) is 1.50. The van der Waals surface area contributed by atoms with Gasteiger partial charge in [0.05, 0.1) is 25.8 Å². The Labute approximate surface area is 154 Å². The van der Waals surface area contributed by atoms with Gasteiger partial charge in [-0.3, -0.25) is 0 Å². The molecule has 1 aliphatic carbocycles. The van der Waals surface area contributed by atoms with Gasteiger partial charge in [0.15, 0.2) is 0 Å². The molecule has 0 amide bonds. The lowest BCUT2D eigenvalue weighted by atomic mass is 9.77. The summed E-state index contributed by atoms with van der Waals surface area (Å²) in [5, 5.41) is 0.841. The van der Waals surface area contributed by atoms with Crippen molar-refractivity contribution in [1.29, 1.82) is 0 Å². The Morgan fingerprint density at radius 1 is 1.23 bits per heavy atom. The predicted octanol–water partition coefficient (Wildman–Crippen LogP) is 4.69. The number of nitrogens with zero attached hydrogens (tertiary/aromatic N) is 1. The van der Waals surface area contributed by atoms with Crippen molar-refractivity contribution in [3.8, 4) is 5.88 Å². The third-order valence-corrected chi connectivity index (χ3v) is 4.82. The number of rotatable bonds is 7. The van der Waals surface area contributed by atoms with E-state index in [1.165, 1.54) is 19.1 Å². The largest absolute Gasteiger partial charge is 0.494 e. The van der Waals surface area contributed by atoms with Gasteiger partial charge in [0, 0.05) is 10.9 Å². The minimum Gasteiger partial charge on any atom is -0.494 e. The molecule has 0 N–H and O–H groups in total. The van der Waals surface area contributed by atoms with Crippen LogP contribution in [0.2, 0.25) is 0 Å². The molecule has 1 heterocycles. The van der Waals surface area contributed by atoms with Crippen molar-refractivity contribution < 1.29 is 19.0 Å². The molecule has 1 aromatic heterocycles. The van der Waals surface area contributed by atoms with E-state index in [1.807, 2.05) is 13.0 Å². The van der Waals surface area contributed by atoms with Crippen LogP contribution in [0.5, 0.6) is 5.88 Å². The first kappa shape index (κ1) is 18.2. The highest BCUT2D eigenvalue weighted by Crippen LogP contribution is 2.42. The third kappa shape index (κ3) is 3.26. The molecule has 3 rings (SSSR count). The smallest absolute Gasteiger partial charge is 0.343 e. The van der Waals surface area contributed by atoms with Crippen LogP contribution in [-0.2, 0) is 9.47 Å². The second-order valence-electron chi connectivity index (χ2n) is 6.35. The second-order valence-corrected chi connectivity index (χ2v) is 6.35. The van der Waals surface area contributed by atoms with Gasteiger partial charge in [-0.05, 0) is 44.2 Å². The molecule has 0 unspecified atom stereocenters. The van der Waals surface area contributed by atoms with Crippen LogP contribution < -0.4 is 4.74 Å². The maximum absolute atomic E-state index is 12.2. The van der Waals surface area contributed by atoms with Crippen LogP contribution in [0.25, 0.3) is 16.7 Å². The Bertz CT molecular complexity index is 840. The van der Waals surface area contributed by atoms with Crippen molar-refractivity contribution >= 4 is 22.6 Å². The molecule has 26 heavy (non-hydrogen) atoms. The number of fused-ring (bicyclic) bond motifs is 1. The normalized spacial score (nSPS) is 14.0. The van der Waals surface area contributed by atoms with E-state index in [4.69, 9.17) is 14.2 Å². The zero-order chi connectivity index (χ0) is 18.7. The molecule has 1 fully saturated rings. The lowest BCUT2D eigenvalue weighted by molar-refractivity contribution is 0.0522. The summed E-state index contributed by atoms with van der Waals surface area (Å²) in [6.07, 6.45) is 3.56. The van der Waals surface area contributed by atoms with Gasteiger partial charge in [-0.2, -0.15) is 0 Å². The van der Waals surface area contributed by atoms with Gasteiger partial charge in [-0.1, -0.05) is 25.1 Å². The minimum absolute atomic E-state index is 0.257. The number of aromatic nitrogens is 1. The molecule has 0 radical (unpaired) electrons.